The predicted molar refractivity (Wildman–Crippen MR) is 75.5 cm³/mol. The molecular weight excluding hydrogens is 253 g/mol. The van der Waals surface area contributed by atoms with Crippen molar-refractivity contribution in [2.24, 2.45) is 0 Å². The highest BCUT2D eigenvalue weighted by molar-refractivity contribution is 6.30. The molecule has 3 heteroatoms. The molecule has 0 fully saturated rings. The molecule has 2 aromatic rings. The van der Waals surface area contributed by atoms with Crippen molar-refractivity contribution in [3.63, 3.8) is 0 Å². The number of alkyl halides is 1. The Morgan fingerprint density at radius 2 is 1.76 bits per heavy atom. The Kier molecular flexibility index (Phi) is 3.93. The lowest BCUT2D eigenvalue weighted by molar-refractivity contribution is 1.18. The largest absolute Gasteiger partial charge is 0.344 e. The predicted octanol–water partition coefficient (Wildman–Crippen LogP) is 4.85. The normalized spacial score (nSPS) is 10.3. The minimum Gasteiger partial charge on any atom is -0.344 e. The lowest BCUT2D eigenvalue weighted by atomic mass is 10.1. The second-order valence-electron chi connectivity index (χ2n) is 3.80. The molecule has 0 saturated heterocycles. The summed E-state index contributed by atoms with van der Waals surface area (Å²) in [5.74, 6) is 0.451. The summed E-state index contributed by atoms with van der Waals surface area (Å²) >= 11 is 11.9. The van der Waals surface area contributed by atoms with Crippen molar-refractivity contribution in [2.45, 2.75) is 5.88 Å². The summed E-state index contributed by atoms with van der Waals surface area (Å²) in [7, 11) is 2.02. The molecule has 0 unspecified atom stereocenters. The Balaban J connectivity index is 2.40. The molecule has 0 aliphatic heterocycles. The van der Waals surface area contributed by atoms with Gasteiger partial charge in [0.2, 0.25) is 0 Å². The average molecular weight is 266 g/mol. The quantitative estimate of drug-likeness (QED) is 0.718. The van der Waals surface area contributed by atoms with Gasteiger partial charge < -0.3 is 4.90 Å². The molecule has 0 aliphatic carbocycles. The fourth-order valence-corrected chi connectivity index (χ4v) is 2.19. The van der Waals surface area contributed by atoms with Gasteiger partial charge in [-0.15, -0.1) is 11.6 Å². The summed E-state index contributed by atoms with van der Waals surface area (Å²) in [4.78, 5) is 2.11. The van der Waals surface area contributed by atoms with Crippen LogP contribution in [0, 0.1) is 0 Å². The van der Waals surface area contributed by atoms with Gasteiger partial charge >= 0.3 is 0 Å². The number of anilines is 2. The Labute approximate surface area is 112 Å². The smallest absolute Gasteiger partial charge is 0.0495 e. The van der Waals surface area contributed by atoms with Gasteiger partial charge in [-0.05, 0) is 35.9 Å². The van der Waals surface area contributed by atoms with E-state index in [2.05, 4.69) is 17.0 Å². The molecule has 88 valence electrons. The first-order chi connectivity index (χ1) is 8.22. The van der Waals surface area contributed by atoms with Gasteiger partial charge in [0.25, 0.3) is 0 Å². The molecule has 0 spiro atoms. The SMILES string of the molecule is CN(c1ccccc1)c1ccc(Cl)cc1CCl. The highest BCUT2D eigenvalue weighted by Gasteiger charge is 2.08. The highest BCUT2D eigenvalue weighted by atomic mass is 35.5. The number of para-hydroxylation sites is 1. The Bertz CT molecular complexity index is 497. The number of benzene rings is 2. The third-order valence-corrected chi connectivity index (χ3v) is 3.21. The highest BCUT2D eigenvalue weighted by Crippen LogP contribution is 2.29. The fourth-order valence-electron chi connectivity index (χ4n) is 1.78. The van der Waals surface area contributed by atoms with Gasteiger partial charge in [0, 0.05) is 29.3 Å². The summed E-state index contributed by atoms with van der Waals surface area (Å²) in [5, 5.41) is 0.714. The number of rotatable bonds is 3. The Morgan fingerprint density at radius 3 is 2.41 bits per heavy atom. The van der Waals surface area contributed by atoms with Crippen LogP contribution in [0.1, 0.15) is 5.56 Å². The molecule has 17 heavy (non-hydrogen) atoms. The molecule has 0 heterocycles. The number of halogens is 2. The van der Waals surface area contributed by atoms with E-state index in [1.165, 1.54) is 0 Å². The zero-order valence-corrected chi connectivity index (χ0v) is 11.0. The van der Waals surface area contributed by atoms with E-state index in [0.717, 1.165) is 16.9 Å². The van der Waals surface area contributed by atoms with Crippen molar-refractivity contribution in [3.8, 4) is 0 Å². The van der Waals surface area contributed by atoms with Crippen LogP contribution in [-0.2, 0) is 5.88 Å². The minimum absolute atomic E-state index is 0.451. The van der Waals surface area contributed by atoms with Gasteiger partial charge in [0.15, 0.2) is 0 Å². The number of hydrogen-bond acceptors (Lipinski definition) is 1. The molecule has 0 saturated carbocycles. The van der Waals surface area contributed by atoms with Gasteiger partial charge in [-0.1, -0.05) is 29.8 Å². The fraction of sp³-hybridized carbons (Fsp3) is 0.143. The maximum atomic E-state index is 5.97. The lowest BCUT2D eigenvalue weighted by Gasteiger charge is -2.22. The van der Waals surface area contributed by atoms with Crippen LogP contribution in [-0.4, -0.2) is 7.05 Å². The van der Waals surface area contributed by atoms with E-state index >= 15 is 0 Å². The zero-order chi connectivity index (χ0) is 12.3. The maximum Gasteiger partial charge on any atom is 0.0495 e. The lowest BCUT2D eigenvalue weighted by Crippen LogP contribution is -2.11. The average Bonchev–Trinajstić information content (AvgIpc) is 2.39. The van der Waals surface area contributed by atoms with Gasteiger partial charge in [-0.2, -0.15) is 0 Å². The minimum atomic E-state index is 0.451. The van der Waals surface area contributed by atoms with E-state index in [1.807, 2.05) is 43.4 Å². The van der Waals surface area contributed by atoms with Crippen molar-refractivity contribution in [1.29, 1.82) is 0 Å². The second kappa shape index (κ2) is 5.44. The van der Waals surface area contributed by atoms with E-state index in [1.54, 1.807) is 0 Å². The monoisotopic (exact) mass is 265 g/mol. The topological polar surface area (TPSA) is 3.24 Å². The summed E-state index contributed by atoms with van der Waals surface area (Å²) in [5.41, 5.74) is 3.24. The molecule has 0 N–H and O–H groups in total. The van der Waals surface area contributed by atoms with Crippen LogP contribution in [0.5, 0.6) is 0 Å². The molecule has 0 bridgehead atoms. The molecule has 2 aromatic carbocycles. The van der Waals surface area contributed by atoms with Crippen molar-refractivity contribution >= 4 is 34.6 Å². The van der Waals surface area contributed by atoms with Crippen molar-refractivity contribution < 1.29 is 0 Å². The van der Waals surface area contributed by atoms with Crippen LogP contribution >= 0.6 is 23.2 Å². The third-order valence-electron chi connectivity index (χ3n) is 2.69. The van der Waals surface area contributed by atoms with Gasteiger partial charge in [-0.3, -0.25) is 0 Å². The molecule has 1 nitrogen and oxygen atoms in total. The van der Waals surface area contributed by atoms with Crippen LogP contribution < -0.4 is 4.90 Å². The summed E-state index contributed by atoms with van der Waals surface area (Å²) in [6.07, 6.45) is 0. The van der Waals surface area contributed by atoms with Crippen LogP contribution in [0.3, 0.4) is 0 Å². The van der Waals surface area contributed by atoms with E-state index in [-0.39, 0.29) is 0 Å². The van der Waals surface area contributed by atoms with Gasteiger partial charge in [0.05, 0.1) is 0 Å². The van der Waals surface area contributed by atoms with Crippen LogP contribution in [0.2, 0.25) is 5.02 Å². The first-order valence-electron chi connectivity index (χ1n) is 5.35. The first kappa shape index (κ1) is 12.3. The number of nitrogens with zero attached hydrogens (tertiary/aromatic N) is 1. The molecule has 0 aliphatic rings. The standard InChI is InChI=1S/C14H13Cl2N/c1-17(13-5-3-2-4-6-13)14-8-7-12(16)9-11(14)10-15/h2-9H,10H2,1H3. The van der Waals surface area contributed by atoms with E-state index in [4.69, 9.17) is 23.2 Å². The van der Waals surface area contributed by atoms with Gasteiger partial charge in [0.1, 0.15) is 0 Å². The van der Waals surface area contributed by atoms with E-state index < -0.39 is 0 Å². The second-order valence-corrected chi connectivity index (χ2v) is 4.50. The zero-order valence-electron chi connectivity index (χ0n) is 9.53. The van der Waals surface area contributed by atoms with Gasteiger partial charge in [-0.25, -0.2) is 0 Å². The molecule has 2 rings (SSSR count). The van der Waals surface area contributed by atoms with Crippen LogP contribution in [0.25, 0.3) is 0 Å². The molecule has 0 radical (unpaired) electrons. The summed E-state index contributed by atoms with van der Waals surface area (Å²) in [6, 6.07) is 15.9. The Morgan fingerprint density at radius 1 is 1.06 bits per heavy atom. The Hall–Kier alpha value is -1.18. The van der Waals surface area contributed by atoms with Crippen molar-refractivity contribution in [3.05, 3.63) is 59.1 Å². The molecule has 0 aromatic heterocycles. The molecule has 0 amide bonds. The van der Waals surface area contributed by atoms with Crippen molar-refractivity contribution in [2.75, 3.05) is 11.9 Å². The van der Waals surface area contributed by atoms with E-state index in [0.29, 0.717) is 10.9 Å². The summed E-state index contributed by atoms with van der Waals surface area (Å²) < 4.78 is 0. The van der Waals surface area contributed by atoms with Crippen LogP contribution in [0.15, 0.2) is 48.5 Å². The first-order valence-corrected chi connectivity index (χ1v) is 6.27. The van der Waals surface area contributed by atoms with Crippen molar-refractivity contribution in [1.82, 2.24) is 0 Å². The van der Waals surface area contributed by atoms with Crippen LogP contribution in [0.4, 0.5) is 11.4 Å². The van der Waals surface area contributed by atoms with E-state index in [9.17, 15) is 0 Å². The summed E-state index contributed by atoms with van der Waals surface area (Å²) in [6.45, 7) is 0. The maximum absolute atomic E-state index is 5.97. The number of hydrogen-bond donors (Lipinski definition) is 0. The molecular formula is C14H13Cl2N. The third kappa shape index (κ3) is 2.74. The molecule has 0 atom stereocenters.